The summed E-state index contributed by atoms with van der Waals surface area (Å²) >= 11 is 0. The topological polar surface area (TPSA) is 41.1 Å². The van der Waals surface area contributed by atoms with Crippen LogP contribution in [0.4, 0.5) is 0 Å². The van der Waals surface area contributed by atoms with E-state index in [9.17, 15) is 4.79 Å². The van der Waals surface area contributed by atoms with E-state index in [0.29, 0.717) is 0 Å². The van der Waals surface area contributed by atoms with Gasteiger partial charge in [0.15, 0.2) is 0 Å². The molecule has 0 unspecified atom stereocenters. The van der Waals surface area contributed by atoms with Gasteiger partial charge in [0, 0.05) is 6.04 Å². The molecule has 3 nitrogen and oxygen atoms in total. The number of nitrogens with one attached hydrogen (secondary N) is 2. The predicted molar refractivity (Wildman–Crippen MR) is 56.2 cm³/mol. The smallest absolute Gasteiger partial charge is 0.237 e. The molecule has 0 aromatic heterocycles. The second-order valence-corrected chi connectivity index (χ2v) is 3.67. The van der Waals surface area contributed by atoms with Crippen LogP contribution in [0.3, 0.4) is 0 Å². The van der Waals surface area contributed by atoms with E-state index in [-0.39, 0.29) is 30.4 Å². The highest BCUT2D eigenvalue weighted by Crippen LogP contribution is 2.06. The third-order valence-electron chi connectivity index (χ3n) is 2.06. The lowest BCUT2D eigenvalue weighted by atomic mass is 10.0. The predicted octanol–water partition coefficient (Wildman–Crippen LogP) is 1.07. The minimum absolute atomic E-state index is 0. The molecule has 1 saturated heterocycles. The van der Waals surface area contributed by atoms with Crippen molar-refractivity contribution in [2.45, 2.75) is 45.2 Å². The summed E-state index contributed by atoms with van der Waals surface area (Å²) in [5.41, 5.74) is 0. The Morgan fingerprint density at radius 2 is 2.15 bits per heavy atom. The van der Waals surface area contributed by atoms with Crippen molar-refractivity contribution in [3.8, 4) is 0 Å². The van der Waals surface area contributed by atoms with Crippen molar-refractivity contribution < 1.29 is 4.79 Å². The molecule has 1 rings (SSSR count). The van der Waals surface area contributed by atoms with Gasteiger partial charge in [-0.15, -0.1) is 12.4 Å². The van der Waals surface area contributed by atoms with Crippen LogP contribution in [0.5, 0.6) is 0 Å². The number of hydrogen-bond donors (Lipinski definition) is 2. The van der Waals surface area contributed by atoms with Crippen LogP contribution in [0.15, 0.2) is 0 Å². The highest BCUT2D eigenvalue weighted by atomic mass is 35.5. The first-order valence-electron chi connectivity index (χ1n) is 4.74. The summed E-state index contributed by atoms with van der Waals surface area (Å²) in [7, 11) is 0. The second kappa shape index (κ2) is 6.22. The maximum Gasteiger partial charge on any atom is 0.237 e. The zero-order chi connectivity index (χ0) is 8.97. The average Bonchev–Trinajstić information content (AvgIpc) is 2.05. The summed E-state index contributed by atoms with van der Waals surface area (Å²) < 4.78 is 0. The van der Waals surface area contributed by atoms with Gasteiger partial charge in [-0.05, 0) is 33.2 Å². The van der Waals surface area contributed by atoms with Crippen molar-refractivity contribution in [2.24, 2.45) is 0 Å². The van der Waals surface area contributed by atoms with Crippen LogP contribution < -0.4 is 10.6 Å². The van der Waals surface area contributed by atoms with Crippen molar-refractivity contribution in [2.75, 3.05) is 6.54 Å². The zero-order valence-electron chi connectivity index (χ0n) is 8.30. The fraction of sp³-hybridized carbons (Fsp3) is 0.889. The second-order valence-electron chi connectivity index (χ2n) is 3.67. The van der Waals surface area contributed by atoms with Crippen molar-refractivity contribution >= 4 is 18.3 Å². The Bertz CT molecular complexity index is 156. The number of carbonyl (C=O) groups excluding carboxylic acids is 1. The van der Waals surface area contributed by atoms with E-state index in [2.05, 4.69) is 10.6 Å². The van der Waals surface area contributed by atoms with E-state index in [0.717, 1.165) is 13.0 Å². The van der Waals surface area contributed by atoms with Gasteiger partial charge in [0.1, 0.15) is 0 Å². The standard InChI is InChI=1S/C9H18N2O.ClH/c1-7(2)11-9(12)8-5-3-4-6-10-8;/h7-8,10H,3-6H2,1-2H3,(H,11,12);1H/t8-;/m0./s1. The van der Waals surface area contributed by atoms with Crippen LogP contribution >= 0.6 is 12.4 Å². The Labute approximate surface area is 86.1 Å². The van der Waals surface area contributed by atoms with Crippen molar-refractivity contribution in [3.05, 3.63) is 0 Å². The zero-order valence-corrected chi connectivity index (χ0v) is 9.12. The Hall–Kier alpha value is -0.280. The van der Waals surface area contributed by atoms with E-state index in [4.69, 9.17) is 0 Å². The van der Waals surface area contributed by atoms with Crippen LogP contribution in [0, 0.1) is 0 Å². The quantitative estimate of drug-likeness (QED) is 0.710. The van der Waals surface area contributed by atoms with Gasteiger partial charge < -0.3 is 10.6 Å². The molecule has 0 aliphatic carbocycles. The van der Waals surface area contributed by atoms with E-state index >= 15 is 0 Å². The molecule has 1 aliphatic rings. The SMILES string of the molecule is CC(C)NC(=O)[C@@H]1CCCCN1.Cl. The van der Waals surface area contributed by atoms with Gasteiger partial charge in [0.05, 0.1) is 6.04 Å². The first-order chi connectivity index (χ1) is 5.70. The van der Waals surface area contributed by atoms with E-state index in [1.165, 1.54) is 12.8 Å². The molecule has 0 saturated carbocycles. The van der Waals surface area contributed by atoms with Crippen LogP contribution in [0.25, 0.3) is 0 Å². The van der Waals surface area contributed by atoms with E-state index in [1.807, 2.05) is 13.8 Å². The molecule has 1 amide bonds. The number of halogens is 1. The molecule has 4 heteroatoms. The maximum absolute atomic E-state index is 11.4. The van der Waals surface area contributed by atoms with Gasteiger partial charge in [-0.25, -0.2) is 0 Å². The third-order valence-corrected chi connectivity index (χ3v) is 2.06. The highest BCUT2D eigenvalue weighted by Gasteiger charge is 2.20. The molecule has 1 fully saturated rings. The van der Waals surface area contributed by atoms with Gasteiger partial charge in [0.25, 0.3) is 0 Å². The Morgan fingerprint density at radius 1 is 1.46 bits per heavy atom. The van der Waals surface area contributed by atoms with E-state index < -0.39 is 0 Å². The van der Waals surface area contributed by atoms with Crippen molar-refractivity contribution in [1.29, 1.82) is 0 Å². The van der Waals surface area contributed by atoms with Crippen LogP contribution in [0.2, 0.25) is 0 Å². The summed E-state index contributed by atoms with van der Waals surface area (Å²) in [4.78, 5) is 11.4. The summed E-state index contributed by atoms with van der Waals surface area (Å²) in [5, 5.41) is 6.12. The van der Waals surface area contributed by atoms with Gasteiger partial charge >= 0.3 is 0 Å². The Kier molecular flexibility index (Phi) is 6.08. The molecule has 1 heterocycles. The lowest BCUT2D eigenvalue weighted by molar-refractivity contribution is -0.124. The van der Waals surface area contributed by atoms with Crippen LogP contribution in [-0.2, 0) is 4.79 Å². The first-order valence-corrected chi connectivity index (χ1v) is 4.74. The fourth-order valence-corrected chi connectivity index (χ4v) is 1.46. The normalized spacial score (nSPS) is 22.2. The van der Waals surface area contributed by atoms with Gasteiger partial charge in [-0.3, -0.25) is 4.79 Å². The number of piperidine rings is 1. The average molecular weight is 207 g/mol. The largest absolute Gasteiger partial charge is 0.353 e. The van der Waals surface area contributed by atoms with Gasteiger partial charge in [0.2, 0.25) is 5.91 Å². The third kappa shape index (κ3) is 4.48. The highest BCUT2D eigenvalue weighted by molar-refractivity contribution is 5.85. The number of amides is 1. The Morgan fingerprint density at radius 3 is 2.62 bits per heavy atom. The molecule has 1 atom stereocenters. The minimum Gasteiger partial charge on any atom is -0.353 e. The number of hydrogen-bond acceptors (Lipinski definition) is 2. The fourth-order valence-electron chi connectivity index (χ4n) is 1.46. The van der Waals surface area contributed by atoms with E-state index in [1.54, 1.807) is 0 Å². The molecule has 2 N–H and O–H groups in total. The van der Waals surface area contributed by atoms with Crippen molar-refractivity contribution in [1.82, 2.24) is 10.6 Å². The molecular weight excluding hydrogens is 188 g/mol. The molecule has 0 aromatic carbocycles. The lowest BCUT2D eigenvalue weighted by Gasteiger charge is -2.23. The first kappa shape index (κ1) is 12.7. The van der Waals surface area contributed by atoms with Crippen molar-refractivity contribution in [3.63, 3.8) is 0 Å². The molecule has 78 valence electrons. The number of rotatable bonds is 2. The molecule has 0 aromatic rings. The molecule has 13 heavy (non-hydrogen) atoms. The summed E-state index contributed by atoms with van der Waals surface area (Å²) in [6, 6.07) is 0.308. The molecule has 0 bridgehead atoms. The summed E-state index contributed by atoms with van der Waals surface area (Å²) in [6.07, 6.45) is 3.35. The maximum atomic E-state index is 11.4. The van der Waals surface area contributed by atoms with Crippen LogP contribution in [0.1, 0.15) is 33.1 Å². The lowest BCUT2D eigenvalue weighted by Crippen LogP contribution is -2.48. The molecule has 0 spiro atoms. The molecule has 1 aliphatic heterocycles. The minimum atomic E-state index is 0. The van der Waals surface area contributed by atoms with Crippen LogP contribution in [-0.4, -0.2) is 24.5 Å². The molecule has 0 radical (unpaired) electrons. The summed E-state index contributed by atoms with van der Waals surface area (Å²) in [5.74, 6) is 0.157. The van der Waals surface area contributed by atoms with Gasteiger partial charge in [-0.2, -0.15) is 0 Å². The monoisotopic (exact) mass is 206 g/mol. The molecular formula is C9H19ClN2O. The summed E-state index contributed by atoms with van der Waals surface area (Å²) in [6.45, 7) is 4.96. The van der Waals surface area contributed by atoms with Gasteiger partial charge in [-0.1, -0.05) is 6.42 Å². The number of carbonyl (C=O) groups is 1. The Balaban J connectivity index is 0.00000144.